The van der Waals surface area contributed by atoms with Gasteiger partial charge < -0.3 is 4.74 Å². The van der Waals surface area contributed by atoms with Crippen molar-refractivity contribution in [3.8, 4) is 0 Å². The van der Waals surface area contributed by atoms with Gasteiger partial charge in [0, 0.05) is 13.0 Å². The molecular formula is C11H14O. The highest BCUT2D eigenvalue weighted by Crippen LogP contribution is 2.15. The molecule has 0 unspecified atom stereocenters. The van der Waals surface area contributed by atoms with Crippen LogP contribution in [0.1, 0.15) is 11.5 Å². The van der Waals surface area contributed by atoms with Gasteiger partial charge in [-0.2, -0.15) is 0 Å². The van der Waals surface area contributed by atoms with Crippen molar-refractivity contribution < 1.29 is 4.74 Å². The monoisotopic (exact) mass is 162 g/mol. The molecule has 0 N–H and O–H groups in total. The fourth-order valence-corrected chi connectivity index (χ4v) is 1.18. The molecule has 0 saturated carbocycles. The van der Waals surface area contributed by atoms with Crippen molar-refractivity contribution >= 4 is 0 Å². The molecule has 0 fully saturated rings. The normalized spacial score (nSPS) is 12.4. The van der Waals surface area contributed by atoms with Gasteiger partial charge in [0.25, 0.3) is 0 Å². The summed E-state index contributed by atoms with van der Waals surface area (Å²) in [6, 6.07) is 10.2. The van der Waals surface area contributed by atoms with Crippen molar-refractivity contribution in [2.75, 3.05) is 13.7 Å². The maximum Gasteiger partial charge on any atom is 0.0565 e. The predicted octanol–water partition coefficient (Wildman–Crippen LogP) is 2.60. The average Bonchev–Trinajstić information content (AvgIpc) is 2.15. The lowest BCUT2D eigenvalue weighted by atomic mass is 10.0. The van der Waals surface area contributed by atoms with Crippen molar-refractivity contribution in [2.45, 2.75) is 5.92 Å². The van der Waals surface area contributed by atoms with E-state index >= 15 is 0 Å². The molecule has 0 radical (unpaired) electrons. The minimum Gasteiger partial charge on any atom is -0.384 e. The zero-order valence-electron chi connectivity index (χ0n) is 7.36. The Labute approximate surface area is 73.7 Å². The maximum absolute atomic E-state index is 5.08. The van der Waals surface area contributed by atoms with Crippen molar-refractivity contribution in [3.63, 3.8) is 0 Å². The SMILES string of the molecule is C=C[C@H](COC)c1ccccc1. The van der Waals surface area contributed by atoms with Crippen LogP contribution < -0.4 is 0 Å². The second-order valence-corrected chi connectivity index (χ2v) is 2.71. The van der Waals surface area contributed by atoms with Crippen molar-refractivity contribution in [2.24, 2.45) is 0 Å². The van der Waals surface area contributed by atoms with Crippen LogP contribution in [-0.2, 0) is 4.74 Å². The van der Waals surface area contributed by atoms with Crippen LogP contribution in [-0.4, -0.2) is 13.7 Å². The van der Waals surface area contributed by atoms with Crippen LogP contribution >= 0.6 is 0 Å². The lowest BCUT2D eigenvalue weighted by Crippen LogP contribution is -2.02. The second-order valence-electron chi connectivity index (χ2n) is 2.71. The summed E-state index contributed by atoms with van der Waals surface area (Å²) in [7, 11) is 1.71. The molecule has 1 rings (SSSR count). The number of methoxy groups -OCH3 is 1. The van der Waals surface area contributed by atoms with Gasteiger partial charge in [0.15, 0.2) is 0 Å². The van der Waals surface area contributed by atoms with Gasteiger partial charge >= 0.3 is 0 Å². The molecule has 12 heavy (non-hydrogen) atoms. The molecule has 0 aromatic heterocycles. The molecule has 0 aliphatic rings. The van der Waals surface area contributed by atoms with Crippen LogP contribution in [0.5, 0.6) is 0 Å². The van der Waals surface area contributed by atoms with E-state index in [4.69, 9.17) is 4.74 Å². The molecule has 1 nitrogen and oxygen atoms in total. The van der Waals surface area contributed by atoms with Crippen molar-refractivity contribution in [3.05, 3.63) is 48.6 Å². The first-order valence-corrected chi connectivity index (χ1v) is 4.05. The zero-order valence-corrected chi connectivity index (χ0v) is 7.36. The Morgan fingerprint density at radius 1 is 1.42 bits per heavy atom. The smallest absolute Gasteiger partial charge is 0.0565 e. The third kappa shape index (κ3) is 2.21. The third-order valence-electron chi connectivity index (χ3n) is 1.86. The van der Waals surface area contributed by atoms with Gasteiger partial charge in [-0.15, -0.1) is 6.58 Å². The van der Waals surface area contributed by atoms with Crippen molar-refractivity contribution in [1.82, 2.24) is 0 Å². The van der Waals surface area contributed by atoms with Gasteiger partial charge in [-0.3, -0.25) is 0 Å². The van der Waals surface area contributed by atoms with Gasteiger partial charge in [-0.1, -0.05) is 36.4 Å². The summed E-state index contributed by atoms with van der Waals surface area (Å²) in [5, 5.41) is 0. The first-order chi connectivity index (χ1) is 5.88. The van der Waals surface area contributed by atoms with Crippen molar-refractivity contribution in [1.29, 1.82) is 0 Å². The van der Waals surface area contributed by atoms with E-state index in [1.165, 1.54) is 5.56 Å². The predicted molar refractivity (Wildman–Crippen MR) is 51.3 cm³/mol. The highest BCUT2D eigenvalue weighted by Gasteiger charge is 2.04. The van der Waals surface area contributed by atoms with Crippen LogP contribution in [0.25, 0.3) is 0 Å². The Hall–Kier alpha value is -1.08. The van der Waals surface area contributed by atoms with E-state index in [1.54, 1.807) is 7.11 Å². The minimum atomic E-state index is 0.316. The topological polar surface area (TPSA) is 9.23 Å². The molecule has 1 heteroatoms. The summed E-state index contributed by atoms with van der Waals surface area (Å²) < 4.78 is 5.08. The lowest BCUT2D eigenvalue weighted by molar-refractivity contribution is 0.191. The largest absolute Gasteiger partial charge is 0.384 e. The summed E-state index contributed by atoms with van der Waals surface area (Å²) in [5.41, 5.74) is 1.26. The molecule has 0 aliphatic carbocycles. The van der Waals surface area contributed by atoms with Crippen LogP contribution in [0.2, 0.25) is 0 Å². The minimum absolute atomic E-state index is 0.316. The molecule has 0 spiro atoms. The van der Waals surface area contributed by atoms with E-state index in [2.05, 4.69) is 18.7 Å². The first-order valence-electron chi connectivity index (χ1n) is 4.05. The summed E-state index contributed by atoms with van der Waals surface area (Å²) >= 11 is 0. The number of ether oxygens (including phenoxy) is 1. The summed E-state index contributed by atoms with van der Waals surface area (Å²) in [6.45, 7) is 4.48. The summed E-state index contributed by atoms with van der Waals surface area (Å²) in [6.07, 6.45) is 1.92. The Bertz CT molecular complexity index is 228. The fourth-order valence-electron chi connectivity index (χ4n) is 1.18. The molecule has 1 atom stereocenters. The molecule has 0 amide bonds. The summed E-state index contributed by atoms with van der Waals surface area (Å²) in [5.74, 6) is 0.316. The molecule has 0 aliphatic heterocycles. The molecule has 0 bridgehead atoms. The molecular weight excluding hydrogens is 148 g/mol. The van der Waals surface area contributed by atoms with Gasteiger partial charge in [-0.25, -0.2) is 0 Å². The number of benzene rings is 1. The first kappa shape index (κ1) is 9.01. The van der Waals surface area contributed by atoms with Gasteiger partial charge in [0.1, 0.15) is 0 Å². The van der Waals surface area contributed by atoms with Crippen LogP contribution in [0, 0.1) is 0 Å². The lowest BCUT2D eigenvalue weighted by Gasteiger charge is -2.10. The van der Waals surface area contributed by atoms with Gasteiger partial charge in [0.05, 0.1) is 6.61 Å². The standard InChI is InChI=1S/C11H14O/c1-3-10(9-12-2)11-7-5-4-6-8-11/h3-8,10H,1,9H2,2H3/t10-/m1/s1. The number of hydrogen-bond acceptors (Lipinski definition) is 1. The van der Waals surface area contributed by atoms with Gasteiger partial charge in [-0.05, 0) is 5.56 Å². The Kier molecular flexibility index (Phi) is 3.55. The van der Waals surface area contributed by atoms with E-state index in [9.17, 15) is 0 Å². The Balaban J connectivity index is 2.73. The number of hydrogen-bond donors (Lipinski definition) is 0. The Morgan fingerprint density at radius 3 is 2.58 bits per heavy atom. The quantitative estimate of drug-likeness (QED) is 0.618. The van der Waals surface area contributed by atoms with E-state index < -0.39 is 0 Å². The maximum atomic E-state index is 5.08. The number of rotatable bonds is 4. The highest BCUT2D eigenvalue weighted by molar-refractivity contribution is 5.22. The van der Waals surface area contributed by atoms with E-state index in [1.807, 2.05) is 24.3 Å². The van der Waals surface area contributed by atoms with E-state index in [0.29, 0.717) is 12.5 Å². The third-order valence-corrected chi connectivity index (χ3v) is 1.86. The molecule has 64 valence electrons. The van der Waals surface area contributed by atoms with E-state index in [0.717, 1.165) is 0 Å². The van der Waals surface area contributed by atoms with Gasteiger partial charge in [0.2, 0.25) is 0 Å². The average molecular weight is 162 g/mol. The highest BCUT2D eigenvalue weighted by atomic mass is 16.5. The Morgan fingerprint density at radius 2 is 2.08 bits per heavy atom. The van der Waals surface area contributed by atoms with E-state index in [-0.39, 0.29) is 0 Å². The van der Waals surface area contributed by atoms with Crippen LogP contribution in [0.4, 0.5) is 0 Å². The fraction of sp³-hybridized carbons (Fsp3) is 0.273. The second kappa shape index (κ2) is 4.73. The van der Waals surface area contributed by atoms with Crippen LogP contribution in [0.3, 0.4) is 0 Å². The molecule has 0 saturated heterocycles. The molecule has 1 aromatic rings. The summed E-state index contributed by atoms with van der Waals surface area (Å²) in [4.78, 5) is 0. The zero-order chi connectivity index (χ0) is 8.81. The molecule has 1 aromatic carbocycles. The molecule has 0 heterocycles. The van der Waals surface area contributed by atoms with Crippen LogP contribution in [0.15, 0.2) is 43.0 Å².